The van der Waals surface area contributed by atoms with E-state index in [9.17, 15) is 18.0 Å². The lowest BCUT2D eigenvalue weighted by Gasteiger charge is -2.34. The third-order valence-corrected chi connectivity index (χ3v) is 2.56. The Morgan fingerprint density at radius 2 is 2.22 bits per heavy atom. The molecule has 1 heterocycles. The molecule has 8 heteroatoms. The van der Waals surface area contributed by atoms with E-state index in [1.807, 2.05) is 0 Å². The van der Waals surface area contributed by atoms with E-state index < -0.39 is 25.0 Å². The number of nitrogens with one attached hydrogen (secondary N) is 1. The van der Waals surface area contributed by atoms with E-state index in [1.54, 1.807) is 11.8 Å². The van der Waals surface area contributed by atoms with Crippen molar-refractivity contribution in [3.8, 4) is 0 Å². The average Bonchev–Trinajstić information content (AvgIpc) is 2.28. The van der Waals surface area contributed by atoms with Gasteiger partial charge < -0.3 is 10.1 Å². The molecular weight excluding hydrogens is 253 g/mol. The summed E-state index contributed by atoms with van der Waals surface area (Å²) in [6.45, 7) is 3.00. The van der Waals surface area contributed by atoms with Crippen LogP contribution in [0.4, 0.5) is 13.2 Å². The van der Waals surface area contributed by atoms with E-state index in [0.717, 1.165) is 0 Å². The summed E-state index contributed by atoms with van der Waals surface area (Å²) in [4.78, 5) is 13.2. The number of rotatable bonds is 5. The van der Waals surface area contributed by atoms with Gasteiger partial charge in [-0.25, -0.2) is 0 Å². The van der Waals surface area contributed by atoms with Crippen LogP contribution in [0, 0.1) is 0 Å². The molecule has 0 bridgehead atoms. The SMILES string of the molecule is CCOC(=O)C1CNCCN1CCOC(F)(F)F. The quantitative estimate of drug-likeness (QED) is 0.731. The minimum atomic E-state index is -4.63. The van der Waals surface area contributed by atoms with Gasteiger partial charge in [-0.15, -0.1) is 13.2 Å². The summed E-state index contributed by atoms with van der Waals surface area (Å²) in [7, 11) is 0. The van der Waals surface area contributed by atoms with Crippen molar-refractivity contribution < 1.29 is 27.4 Å². The molecule has 1 aliphatic rings. The highest BCUT2D eigenvalue weighted by molar-refractivity contribution is 5.76. The highest BCUT2D eigenvalue weighted by Gasteiger charge is 2.32. The van der Waals surface area contributed by atoms with Crippen LogP contribution in [0.15, 0.2) is 0 Å². The van der Waals surface area contributed by atoms with Gasteiger partial charge in [-0.2, -0.15) is 0 Å². The van der Waals surface area contributed by atoms with Crippen LogP contribution in [0.3, 0.4) is 0 Å². The van der Waals surface area contributed by atoms with Crippen LogP contribution in [0.25, 0.3) is 0 Å². The maximum Gasteiger partial charge on any atom is 0.522 e. The standard InChI is InChI=1S/C10H17F3N2O3/c1-2-17-9(16)8-7-14-3-4-15(8)5-6-18-10(11,12)13/h8,14H,2-7H2,1H3. The second-order valence-electron chi connectivity index (χ2n) is 3.80. The maximum absolute atomic E-state index is 11.8. The van der Waals surface area contributed by atoms with E-state index >= 15 is 0 Å². The number of esters is 1. The molecule has 1 N–H and O–H groups in total. The van der Waals surface area contributed by atoms with Crippen LogP contribution in [0.2, 0.25) is 0 Å². The fraction of sp³-hybridized carbons (Fsp3) is 0.900. The van der Waals surface area contributed by atoms with Gasteiger partial charge in [0.2, 0.25) is 0 Å². The predicted molar refractivity (Wildman–Crippen MR) is 56.9 cm³/mol. The topological polar surface area (TPSA) is 50.8 Å². The van der Waals surface area contributed by atoms with Crippen molar-refractivity contribution in [2.75, 3.05) is 39.4 Å². The Morgan fingerprint density at radius 1 is 1.50 bits per heavy atom. The van der Waals surface area contributed by atoms with Crippen LogP contribution in [-0.4, -0.2) is 62.7 Å². The fourth-order valence-electron chi connectivity index (χ4n) is 1.76. The van der Waals surface area contributed by atoms with Gasteiger partial charge in [-0.1, -0.05) is 0 Å². The number of halogens is 3. The van der Waals surface area contributed by atoms with E-state index in [4.69, 9.17) is 4.74 Å². The summed E-state index contributed by atoms with van der Waals surface area (Å²) in [5, 5.41) is 3.01. The number of ether oxygens (including phenoxy) is 2. The molecule has 0 aromatic heterocycles. The fourth-order valence-corrected chi connectivity index (χ4v) is 1.76. The molecule has 5 nitrogen and oxygen atoms in total. The van der Waals surface area contributed by atoms with Crippen molar-refractivity contribution in [2.24, 2.45) is 0 Å². The number of alkyl halides is 3. The predicted octanol–water partition coefficient (Wildman–Crippen LogP) is 0.360. The van der Waals surface area contributed by atoms with Gasteiger partial charge in [-0.05, 0) is 6.92 Å². The Labute approximate surface area is 103 Å². The minimum absolute atomic E-state index is 0.0463. The summed E-state index contributed by atoms with van der Waals surface area (Å²) in [5.74, 6) is -0.420. The van der Waals surface area contributed by atoms with Gasteiger partial charge in [-0.3, -0.25) is 14.4 Å². The van der Waals surface area contributed by atoms with Crippen molar-refractivity contribution in [3.63, 3.8) is 0 Å². The first-order valence-electron chi connectivity index (χ1n) is 5.76. The lowest BCUT2D eigenvalue weighted by atomic mass is 10.2. The Kier molecular flexibility index (Phi) is 5.83. The average molecular weight is 270 g/mol. The molecule has 0 amide bonds. The van der Waals surface area contributed by atoms with Crippen LogP contribution in [0.1, 0.15) is 6.92 Å². The molecular formula is C10H17F3N2O3. The number of piperazine rings is 1. The molecule has 0 aromatic carbocycles. The molecule has 1 rings (SSSR count). The Hall–Kier alpha value is -0.860. The van der Waals surface area contributed by atoms with Gasteiger partial charge in [0.15, 0.2) is 0 Å². The third kappa shape index (κ3) is 5.19. The van der Waals surface area contributed by atoms with Crippen LogP contribution in [-0.2, 0) is 14.3 Å². The molecule has 0 radical (unpaired) electrons. The summed E-state index contributed by atoms with van der Waals surface area (Å²) in [6.07, 6.45) is -4.63. The summed E-state index contributed by atoms with van der Waals surface area (Å²) < 4.78 is 44.1. The van der Waals surface area contributed by atoms with E-state index in [0.29, 0.717) is 19.6 Å². The van der Waals surface area contributed by atoms with Crippen molar-refractivity contribution in [2.45, 2.75) is 19.3 Å². The van der Waals surface area contributed by atoms with Crippen molar-refractivity contribution >= 4 is 5.97 Å². The summed E-state index contributed by atoms with van der Waals surface area (Å²) >= 11 is 0. The first kappa shape index (κ1) is 15.2. The zero-order valence-electron chi connectivity index (χ0n) is 10.1. The molecule has 106 valence electrons. The van der Waals surface area contributed by atoms with Crippen molar-refractivity contribution in [1.29, 1.82) is 0 Å². The maximum atomic E-state index is 11.8. The highest BCUT2D eigenvalue weighted by Crippen LogP contribution is 2.16. The largest absolute Gasteiger partial charge is 0.522 e. The number of carbonyl (C=O) groups excluding carboxylic acids is 1. The van der Waals surface area contributed by atoms with Crippen molar-refractivity contribution in [1.82, 2.24) is 10.2 Å². The Bertz CT molecular complexity index is 274. The van der Waals surface area contributed by atoms with E-state index in [2.05, 4.69) is 10.1 Å². The van der Waals surface area contributed by atoms with Crippen LogP contribution in [0.5, 0.6) is 0 Å². The molecule has 0 spiro atoms. The number of hydrogen-bond donors (Lipinski definition) is 1. The molecule has 1 unspecified atom stereocenters. The molecule has 1 fully saturated rings. The van der Waals surface area contributed by atoms with Gasteiger partial charge >= 0.3 is 12.3 Å². The molecule has 0 saturated carbocycles. The lowest BCUT2D eigenvalue weighted by molar-refractivity contribution is -0.325. The second kappa shape index (κ2) is 6.91. The number of hydrogen-bond acceptors (Lipinski definition) is 5. The summed E-state index contributed by atoms with van der Waals surface area (Å²) in [5.41, 5.74) is 0. The van der Waals surface area contributed by atoms with Crippen LogP contribution < -0.4 is 5.32 Å². The lowest BCUT2D eigenvalue weighted by Crippen LogP contribution is -2.56. The smallest absolute Gasteiger partial charge is 0.465 e. The number of carbonyl (C=O) groups is 1. The number of nitrogens with zero attached hydrogens (tertiary/aromatic N) is 1. The van der Waals surface area contributed by atoms with E-state index in [1.165, 1.54) is 0 Å². The Morgan fingerprint density at radius 3 is 2.83 bits per heavy atom. The van der Waals surface area contributed by atoms with Crippen molar-refractivity contribution in [3.05, 3.63) is 0 Å². The first-order valence-corrected chi connectivity index (χ1v) is 5.76. The minimum Gasteiger partial charge on any atom is -0.465 e. The zero-order chi connectivity index (χ0) is 13.6. The monoisotopic (exact) mass is 270 g/mol. The van der Waals surface area contributed by atoms with Gasteiger partial charge in [0, 0.05) is 26.2 Å². The van der Waals surface area contributed by atoms with Gasteiger partial charge in [0.1, 0.15) is 6.04 Å². The molecule has 0 aromatic rings. The van der Waals surface area contributed by atoms with Gasteiger partial charge in [0.05, 0.1) is 13.2 Å². The highest BCUT2D eigenvalue weighted by atomic mass is 19.4. The summed E-state index contributed by atoms with van der Waals surface area (Å²) in [6, 6.07) is -0.546. The van der Waals surface area contributed by atoms with Gasteiger partial charge in [0.25, 0.3) is 0 Å². The molecule has 18 heavy (non-hydrogen) atoms. The molecule has 1 aliphatic heterocycles. The zero-order valence-corrected chi connectivity index (χ0v) is 10.1. The molecule has 1 atom stereocenters. The normalized spacial score (nSPS) is 21.9. The molecule has 0 aliphatic carbocycles. The van der Waals surface area contributed by atoms with Crippen LogP contribution >= 0.6 is 0 Å². The molecule has 1 saturated heterocycles. The van der Waals surface area contributed by atoms with E-state index in [-0.39, 0.29) is 13.2 Å². The first-order chi connectivity index (χ1) is 8.44. The second-order valence-corrected chi connectivity index (χ2v) is 3.80. The Balaban J connectivity index is 2.42. The third-order valence-electron chi connectivity index (χ3n) is 2.56.